The van der Waals surface area contributed by atoms with Crippen LogP contribution in [0.25, 0.3) is 10.2 Å². The van der Waals surface area contributed by atoms with Gasteiger partial charge in [-0.3, -0.25) is 4.79 Å². The Morgan fingerprint density at radius 1 is 1.27 bits per heavy atom. The van der Waals surface area contributed by atoms with Gasteiger partial charge in [0.15, 0.2) is 16.3 Å². The van der Waals surface area contributed by atoms with Crippen LogP contribution in [0.2, 0.25) is 0 Å². The van der Waals surface area contributed by atoms with Gasteiger partial charge >= 0.3 is 0 Å². The van der Waals surface area contributed by atoms with E-state index in [9.17, 15) is 4.79 Å². The smallest absolute Gasteiger partial charge is 0.280 e. The molecule has 0 N–H and O–H groups in total. The topological polar surface area (TPSA) is 52.8 Å². The van der Waals surface area contributed by atoms with Crippen molar-refractivity contribution in [2.45, 2.75) is 6.54 Å². The zero-order valence-corrected chi connectivity index (χ0v) is 17.3. The fourth-order valence-corrected chi connectivity index (χ4v) is 4.24. The molecule has 0 fully saturated rings. The zero-order valence-electron chi connectivity index (χ0n) is 14.4. The largest absolute Gasteiger partial charge is 0.493 e. The molecule has 1 heterocycles. The van der Waals surface area contributed by atoms with Gasteiger partial charge in [-0.2, -0.15) is 4.99 Å². The summed E-state index contributed by atoms with van der Waals surface area (Å²) >= 11 is 3.57. The lowest BCUT2D eigenvalue weighted by Crippen LogP contribution is -2.16. The molecule has 0 unspecified atom stereocenters. The highest BCUT2D eigenvalue weighted by Gasteiger charge is 2.14. The van der Waals surface area contributed by atoms with E-state index >= 15 is 0 Å². The highest BCUT2D eigenvalue weighted by Crippen LogP contribution is 2.33. The number of carbonyl (C=O) groups excluding carboxylic acids is 1. The van der Waals surface area contributed by atoms with E-state index in [1.807, 2.05) is 34.9 Å². The highest BCUT2D eigenvalue weighted by atomic mass is 127. The Morgan fingerprint density at radius 2 is 1.96 bits per heavy atom. The van der Waals surface area contributed by atoms with Crippen molar-refractivity contribution in [2.24, 2.45) is 4.99 Å². The maximum Gasteiger partial charge on any atom is 0.280 e. The summed E-state index contributed by atoms with van der Waals surface area (Å²) in [5, 5.41) is 0. The fraction of sp³-hybridized carbons (Fsp3) is 0.158. The Balaban J connectivity index is 2.21. The SMILES string of the molecule is C=CCn1c(=NC(=O)c2ccccc2I)sc2cc(OC)c(OC)cc21. The summed E-state index contributed by atoms with van der Waals surface area (Å²) in [5.74, 6) is 1.01. The number of benzene rings is 2. The molecule has 1 aromatic heterocycles. The third-order valence-electron chi connectivity index (χ3n) is 3.80. The second-order valence-electron chi connectivity index (χ2n) is 5.36. The van der Waals surface area contributed by atoms with E-state index in [-0.39, 0.29) is 5.91 Å². The van der Waals surface area contributed by atoms with Crippen LogP contribution in [0.4, 0.5) is 0 Å². The number of nitrogens with zero attached hydrogens (tertiary/aromatic N) is 2. The number of rotatable bonds is 5. The molecular weight excluding hydrogens is 463 g/mol. The maximum atomic E-state index is 12.7. The van der Waals surface area contributed by atoms with E-state index in [1.54, 1.807) is 26.4 Å². The first-order chi connectivity index (χ1) is 12.6. The second kappa shape index (κ2) is 8.05. The molecule has 3 rings (SSSR count). The lowest BCUT2D eigenvalue weighted by Gasteiger charge is -2.08. The molecule has 0 aliphatic carbocycles. The van der Waals surface area contributed by atoms with E-state index in [2.05, 4.69) is 34.2 Å². The summed E-state index contributed by atoms with van der Waals surface area (Å²) < 4.78 is 14.5. The molecule has 134 valence electrons. The number of hydrogen-bond donors (Lipinski definition) is 0. The van der Waals surface area contributed by atoms with E-state index in [1.165, 1.54) is 11.3 Å². The standard InChI is InChI=1S/C19H17IN2O3S/c1-4-9-22-14-10-15(24-2)16(25-3)11-17(14)26-19(22)21-18(23)12-7-5-6-8-13(12)20/h4-8,10-11H,1,9H2,2-3H3. The van der Waals surface area contributed by atoms with Crippen molar-refractivity contribution in [1.29, 1.82) is 0 Å². The van der Waals surface area contributed by atoms with Crippen molar-refractivity contribution < 1.29 is 14.3 Å². The van der Waals surface area contributed by atoms with E-state index < -0.39 is 0 Å². The van der Waals surface area contributed by atoms with Crippen LogP contribution in [0.1, 0.15) is 10.4 Å². The van der Waals surface area contributed by atoms with Gasteiger partial charge in [0.1, 0.15) is 0 Å². The van der Waals surface area contributed by atoms with Crippen LogP contribution in [-0.4, -0.2) is 24.7 Å². The monoisotopic (exact) mass is 480 g/mol. The van der Waals surface area contributed by atoms with Crippen LogP contribution in [0.5, 0.6) is 11.5 Å². The predicted octanol–water partition coefficient (Wildman–Crippen LogP) is 4.25. The van der Waals surface area contributed by atoms with Gasteiger partial charge in [0.2, 0.25) is 0 Å². The van der Waals surface area contributed by atoms with Gasteiger partial charge in [0.25, 0.3) is 5.91 Å². The van der Waals surface area contributed by atoms with Crippen molar-refractivity contribution >= 4 is 50.1 Å². The Bertz CT molecular complexity index is 1050. The number of aromatic nitrogens is 1. The third kappa shape index (κ3) is 3.54. The minimum absolute atomic E-state index is 0.265. The molecular formula is C19H17IN2O3S. The van der Waals surface area contributed by atoms with Crippen molar-refractivity contribution in [3.63, 3.8) is 0 Å². The Hall–Kier alpha value is -2.13. The number of carbonyl (C=O) groups is 1. The normalized spacial score (nSPS) is 11.6. The molecule has 0 saturated heterocycles. The Morgan fingerprint density at radius 3 is 2.62 bits per heavy atom. The average molecular weight is 480 g/mol. The molecule has 0 spiro atoms. The van der Waals surface area contributed by atoms with Crippen LogP contribution >= 0.6 is 33.9 Å². The fourth-order valence-electron chi connectivity index (χ4n) is 2.57. The minimum Gasteiger partial charge on any atom is -0.493 e. The van der Waals surface area contributed by atoms with Gasteiger partial charge in [0.05, 0.1) is 30.0 Å². The number of fused-ring (bicyclic) bond motifs is 1. The van der Waals surface area contributed by atoms with Crippen LogP contribution in [0, 0.1) is 3.57 Å². The van der Waals surface area contributed by atoms with Crippen molar-refractivity contribution in [1.82, 2.24) is 4.57 Å². The van der Waals surface area contributed by atoms with Crippen molar-refractivity contribution in [3.05, 3.63) is 63.0 Å². The molecule has 1 amide bonds. The molecule has 0 aliphatic heterocycles. The van der Waals surface area contributed by atoms with Gasteiger partial charge in [-0.1, -0.05) is 29.5 Å². The van der Waals surface area contributed by atoms with Gasteiger partial charge in [-0.15, -0.1) is 6.58 Å². The van der Waals surface area contributed by atoms with Gasteiger partial charge in [-0.25, -0.2) is 0 Å². The number of hydrogen-bond acceptors (Lipinski definition) is 4. The lowest BCUT2D eigenvalue weighted by atomic mass is 10.2. The first-order valence-corrected chi connectivity index (χ1v) is 9.68. The Labute approximate surface area is 168 Å². The quantitative estimate of drug-likeness (QED) is 0.406. The maximum absolute atomic E-state index is 12.7. The average Bonchev–Trinajstić information content (AvgIpc) is 2.97. The Kier molecular flexibility index (Phi) is 5.77. The molecule has 0 radical (unpaired) electrons. The first kappa shape index (κ1) is 18.7. The lowest BCUT2D eigenvalue weighted by molar-refractivity contribution is 0.0997. The molecule has 26 heavy (non-hydrogen) atoms. The number of halogens is 1. The number of amides is 1. The summed E-state index contributed by atoms with van der Waals surface area (Å²) in [4.78, 5) is 17.6. The summed E-state index contributed by atoms with van der Waals surface area (Å²) in [7, 11) is 3.20. The second-order valence-corrected chi connectivity index (χ2v) is 7.53. The van der Waals surface area contributed by atoms with E-state index in [0.29, 0.717) is 28.4 Å². The first-order valence-electron chi connectivity index (χ1n) is 7.79. The molecule has 0 atom stereocenters. The highest BCUT2D eigenvalue weighted by molar-refractivity contribution is 14.1. The van der Waals surface area contributed by atoms with Crippen LogP contribution < -0.4 is 14.3 Å². The molecule has 0 saturated carbocycles. The molecule has 0 bridgehead atoms. The van der Waals surface area contributed by atoms with E-state index in [4.69, 9.17) is 9.47 Å². The molecule has 7 heteroatoms. The number of methoxy groups -OCH3 is 2. The summed E-state index contributed by atoms with van der Waals surface area (Å²) in [6.45, 7) is 4.35. The van der Waals surface area contributed by atoms with Crippen LogP contribution in [0.15, 0.2) is 54.0 Å². The number of ether oxygens (including phenoxy) is 2. The van der Waals surface area contributed by atoms with Crippen LogP contribution in [-0.2, 0) is 6.54 Å². The van der Waals surface area contributed by atoms with Gasteiger partial charge < -0.3 is 14.0 Å². The van der Waals surface area contributed by atoms with Gasteiger partial charge in [-0.05, 0) is 34.7 Å². The summed E-state index contributed by atoms with van der Waals surface area (Å²) in [6.07, 6.45) is 1.78. The number of thiazole rings is 1. The van der Waals surface area contributed by atoms with Crippen LogP contribution in [0.3, 0.4) is 0 Å². The minimum atomic E-state index is -0.265. The summed E-state index contributed by atoms with van der Waals surface area (Å²) in [6, 6.07) is 11.2. The van der Waals surface area contributed by atoms with E-state index in [0.717, 1.165) is 13.8 Å². The molecule has 3 aromatic rings. The van der Waals surface area contributed by atoms with Gasteiger partial charge in [0, 0.05) is 22.2 Å². The third-order valence-corrected chi connectivity index (χ3v) is 5.78. The molecule has 5 nitrogen and oxygen atoms in total. The summed E-state index contributed by atoms with van der Waals surface area (Å²) in [5.41, 5.74) is 1.51. The number of allylic oxidation sites excluding steroid dienone is 1. The predicted molar refractivity (Wildman–Crippen MR) is 112 cm³/mol. The zero-order chi connectivity index (χ0) is 18.7. The van der Waals surface area contributed by atoms with Crippen molar-refractivity contribution in [3.8, 4) is 11.5 Å². The molecule has 0 aliphatic rings. The van der Waals surface area contributed by atoms with Crippen molar-refractivity contribution in [2.75, 3.05) is 14.2 Å². The molecule has 2 aromatic carbocycles.